The van der Waals surface area contributed by atoms with Gasteiger partial charge in [-0.3, -0.25) is 0 Å². The molecule has 0 spiro atoms. The van der Waals surface area contributed by atoms with Crippen LogP contribution in [0.1, 0.15) is 18.9 Å². The minimum atomic E-state index is 0.295. The highest BCUT2D eigenvalue weighted by Crippen LogP contribution is 2.30. The maximum Gasteiger partial charge on any atom is 0.0590 e. The van der Waals surface area contributed by atoms with Gasteiger partial charge in [-0.2, -0.15) is 0 Å². The number of hydrogen-bond acceptors (Lipinski definition) is 2. The average Bonchev–Trinajstić information content (AvgIpc) is 2.76. The number of halogens is 2. The first-order valence-corrected chi connectivity index (χ1v) is 7.11. The minimum absolute atomic E-state index is 0.295. The average molecular weight is 288 g/mol. The van der Waals surface area contributed by atoms with E-state index in [1.165, 1.54) is 0 Å². The molecule has 0 bridgehead atoms. The number of rotatable bonds is 4. The van der Waals surface area contributed by atoms with Gasteiger partial charge in [-0.25, -0.2) is 0 Å². The Hall–Kier alpha value is -0.280. The molecule has 1 heterocycles. The molecule has 1 saturated heterocycles. The van der Waals surface area contributed by atoms with Crippen LogP contribution in [0.15, 0.2) is 18.2 Å². The van der Waals surface area contributed by atoms with E-state index in [1.54, 1.807) is 0 Å². The second-order valence-corrected chi connectivity index (χ2v) is 5.64. The lowest BCUT2D eigenvalue weighted by Crippen LogP contribution is -2.38. The van der Waals surface area contributed by atoms with Crippen molar-refractivity contribution in [2.45, 2.75) is 31.9 Å². The summed E-state index contributed by atoms with van der Waals surface area (Å²) >= 11 is 12.5. The van der Waals surface area contributed by atoms with Crippen LogP contribution in [0.3, 0.4) is 0 Å². The maximum atomic E-state index is 6.23. The second kappa shape index (κ2) is 6.25. The topological polar surface area (TPSA) is 21.3 Å². The fourth-order valence-electron chi connectivity index (χ4n) is 2.69. The van der Waals surface area contributed by atoms with Crippen molar-refractivity contribution in [1.82, 2.24) is 5.32 Å². The van der Waals surface area contributed by atoms with Gasteiger partial charge in [-0.05, 0) is 44.5 Å². The highest BCUT2D eigenvalue weighted by atomic mass is 35.5. The van der Waals surface area contributed by atoms with Crippen molar-refractivity contribution in [2.24, 2.45) is 5.92 Å². The minimum Gasteiger partial charge on any atom is -0.378 e. The number of hydrogen-bond donors (Lipinski definition) is 1. The third kappa shape index (κ3) is 3.00. The fraction of sp³-hybridized carbons (Fsp3) is 0.571. The van der Waals surface area contributed by atoms with E-state index in [4.69, 9.17) is 27.9 Å². The highest BCUT2D eigenvalue weighted by Gasteiger charge is 2.31. The van der Waals surface area contributed by atoms with Crippen LogP contribution in [0.2, 0.25) is 10.0 Å². The van der Waals surface area contributed by atoms with Gasteiger partial charge in [-0.1, -0.05) is 29.3 Å². The first-order chi connectivity index (χ1) is 8.63. The standard InChI is InChI=1S/C14H19Cl2NO/c1-9-10(6-7-18-9)14(17-2)8-11-12(15)4-3-5-13(11)16/h3-5,9-10,14,17H,6-8H2,1-2H3. The smallest absolute Gasteiger partial charge is 0.0590 e. The van der Waals surface area contributed by atoms with Crippen LogP contribution in [-0.2, 0) is 11.2 Å². The van der Waals surface area contributed by atoms with Crippen molar-refractivity contribution in [1.29, 1.82) is 0 Å². The first-order valence-electron chi connectivity index (χ1n) is 6.35. The molecule has 1 fully saturated rings. The van der Waals surface area contributed by atoms with Gasteiger partial charge < -0.3 is 10.1 Å². The van der Waals surface area contributed by atoms with Gasteiger partial charge in [0.1, 0.15) is 0 Å². The molecule has 0 radical (unpaired) electrons. The summed E-state index contributed by atoms with van der Waals surface area (Å²) in [4.78, 5) is 0. The quantitative estimate of drug-likeness (QED) is 0.915. The summed E-state index contributed by atoms with van der Waals surface area (Å²) in [5, 5.41) is 4.87. The Labute approximate surface area is 119 Å². The van der Waals surface area contributed by atoms with E-state index >= 15 is 0 Å². The molecule has 0 aromatic heterocycles. The van der Waals surface area contributed by atoms with E-state index in [1.807, 2.05) is 25.2 Å². The zero-order valence-corrected chi connectivity index (χ0v) is 12.3. The Morgan fingerprint density at radius 2 is 2.06 bits per heavy atom. The van der Waals surface area contributed by atoms with Gasteiger partial charge in [0.2, 0.25) is 0 Å². The van der Waals surface area contributed by atoms with Gasteiger partial charge in [0.05, 0.1) is 6.10 Å². The molecule has 1 N–H and O–H groups in total. The van der Waals surface area contributed by atoms with E-state index < -0.39 is 0 Å². The van der Waals surface area contributed by atoms with Crippen molar-refractivity contribution in [3.63, 3.8) is 0 Å². The van der Waals surface area contributed by atoms with Gasteiger partial charge in [0.15, 0.2) is 0 Å². The zero-order valence-electron chi connectivity index (χ0n) is 10.7. The molecular formula is C14H19Cl2NO. The molecule has 4 heteroatoms. The van der Waals surface area contributed by atoms with Crippen molar-refractivity contribution >= 4 is 23.2 Å². The van der Waals surface area contributed by atoms with Crippen LogP contribution in [0, 0.1) is 5.92 Å². The van der Waals surface area contributed by atoms with Crippen molar-refractivity contribution in [3.8, 4) is 0 Å². The molecule has 0 aliphatic carbocycles. The predicted molar refractivity (Wildman–Crippen MR) is 76.5 cm³/mol. The monoisotopic (exact) mass is 287 g/mol. The number of ether oxygens (including phenoxy) is 1. The molecule has 1 aromatic carbocycles. The second-order valence-electron chi connectivity index (χ2n) is 4.83. The molecule has 2 rings (SSSR count). The van der Waals surface area contributed by atoms with Crippen LogP contribution < -0.4 is 5.32 Å². The van der Waals surface area contributed by atoms with Crippen LogP contribution >= 0.6 is 23.2 Å². The summed E-state index contributed by atoms with van der Waals surface area (Å²) in [7, 11) is 1.99. The highest BCUT2D eigenvalue weighted by molar-refractivity contribution is 6.36. The third-order valence-electron chi connectivity index (χ3n) is 3.81. The van der Waals surface area contributed by atoms with Gasteiger partial charge in [-0.15, -0.1) is 0 Å². The first kappa shape index (κ1) is 14.1. The van der Waals surface area contributed by atoms with E-state index in [0.717, 1.165) is 35.1 Å². The summed E-state index contributed by atoms with van der Waals surface area (Å²) in [5.74, 6) is 0.516. The maximum absolute atomic E-state index is 6.23. The molecule has 3 atom stereocenters. The Bertz CT molecular complexity index is 391. The molecule has 1 aliphatic rings. The van der Waals surface area contributed by atoms with E-state index in [9.17, 15) is 0 Å². The summed E-state index contributed by atoms with van der Waals surface area (Å²) in [5.41, 5.74) is 1.03. The van der Waals surface area contributed by atoms with E-state index in [2.05, 4.69) is 12.2 Å². The molecule has 1 aliphatic heterocycles. The van der Waals surface area contributed by atoms with Crippen LogP contribution in [0.4, 0.5) is 0 Å². The molecule has 0 saturated carbocycles. The lowest BCUT2D eigenvalue weighted by Gasteiger charge is -2.26. The van der Waals surface area contributed by atoms with Crippen molar-refractivity contribution in [3.05, 3.63) is 33.8 Å². The lowest BCUT2D eigenvalue weighted by atomic mass is 9.89. The Morgan fingerprint density at radius 1 is 1.39 bits per heavy atom. The van der Waals surface area contributed by atoms with Gasteiger partial charge in [0.25, 0.3) is 0 Å². The molecule has 3 unspecified atom stereocenters. The Morgan fingerprint density at radius 3 is 2.56 bits per heavy atom. The Kier molecular flexibility index (Phi) is 4.91. The predicted octanol–water partition coefficient (Wildman–Crippen LogP) is 3.55. The van der Waals surface area contributed by atoms with Gasteiger partial charge in [0, 0.05) is 28.6 Å². The van der Waals surface area contributed by atoms with E-state index in [0.29, 0.717) is 18.1 Å². The van der Waals surface area contributed by atoms with Crippen LogP contribution in [0.25, 0.3) is 0 Å². The fourth-order valence-corrected chi connectivity index (χ4v) is 3.24. The summed E-state index contributed by atoms with van der Waals surface area (Å²) in [6.07, 6.45) is 2.23. The van der Waals surface area contributed by atoms with Crippen molar-refractivity contribution < 1.29 is 4.74 Å². The van der Waals surface area contributed by atoms with Crippen molar-refractivity contribution in [2.75, 3.05) is 13.7 Å². The molecule has 1 aromatic rings. The molecule has 100 valence electrons. The molecular weight excluding hydrogens is 269 g/mol. The third-order valence-corrected chi connectivity index (χ3v) is 4.52. The van der Waals surface area contributed by atoms with E-state index in [-0.39, 0.29) is 0 Å². The van der Waals surface area contributed by atoms with Crippen LogP contribution in [-0.4, -0.2) is 25.8 Å². The lowest BCUT2D eigenvalue weighted by molar-refractivity contribution is 0.0963. The zero-order chi connectivity index (χ0) is 13.1. The summed E-state index contributed by atoms with van der Waals surface area (Å²) < 4.78 is 5.64. The molecule has 0 amide bonds. The molecule has 2 nitrogen and oxygen atoms in total. The normalized spacial score (nSPS) is 25.3. The summed E-state index contributed by atoms with van der Waals surface area (Å²) in [6.45, 7) is 2.98. The largest absolute Gasteiger partial charge is 0.378 e. The van der Waals surface area contributed by atoms with Gasteiger partial charge >= 0.3 is 0 Å². The SMILES string of the molecule is CNC(Cc1c(Cl)cccc1Cl)C1CCOC1C. The molecule has 18 heavy (non-hydrogen) atoms. The number of likely N-dealkylation sites (N-methyl/N-ethyl adjacent to an activating group) is 1. The number of nitrogens with one attached hydrogen (secondary N) is 1. The summed E-state index contributed by atoms with van der Waals surface area (Å²) in [6, 6.07) is 6.01. The van der Waals surface area contributed by atoms with Crippen LogP contribution in [0.5, 0.6) is 0 Å². The number of benzene rings is 1. The Balaban J connectivity index is 2.15.